The SMILES string of the molecule is CCCCn1cnc2c(OCC(F)F)nc(Nc3ccc(OC)nc3)nc21. The van der Waals surface area contributed by atoms with Gasteiger partial charge in [0, 0.05) is 12.6 Å². The predicted octanol–water partition coefficient (Wildman–Crippen LogP) is 3.42. The minimum absolute atomic E-state index is 0.0134. The second-order valence-electron chi connectivity index (χ2n) is 5.73. The van der Waals surface area contributed by atoms with Gasteiger partial charge in [-0.3, -0.25) is 0 Å². The summed E-state index contributed by atoms with van der Waals surface area (Å²) in [5.41, 5.74) is 1.49. The second-order valence-corrected chi connectivity index (χ2v) is 5.73. The zero-order valence-corrected chi connectivity index (χ0v) is 15.0. The van der Waals surface area contributed by atoms with Gasteiger partial charge < -0.3 is 19.4 Å². The number of fused-ring (bicyclic) bond motifs is 1. The van der Waals surface area contributed by atoms with Gasteiger partial charge in [-0.2, -0.15) is 9.97 Å². The van der Waals surface area contributed by atoms with E-state index in [0.717, 1.165) is 12.8 Å². The molecular formula is C17H20F2N6O2. The monoisotopic (exact) mass is 378 g/mol. The van der Waals surface area contributed by atoms with E-state index in [-0.39, 0.29) is 11.8 Å². The van der Waals surface area contributed by atoms with Crippen molar-refractivity contribution in [3.63, 3.8) is 0 Å². The molecule has 27 heavy (non-hydrogen) atoms. The average Bonchev–Trinajstić information content (AvgIpc) is 3.08. The van der Waals surface area contributed by atoms with Crippen LogP contribution in [0, 0.1) is 0 Å². The van der Waals surface area contributed by atoms with Gasteiger partial charge in [0.2, 0.25) is 17.7 Å². The summed E-state index contributed by atoms with van der Waals surface area (Å²) in [6.07, 6.45) is 2.50. The molecule has 144 valence electrons. The van der Waals surface area contributed by atoms with E-state index in [1.165, 1.54) is 7.11 Å². The van der Waals surface area contributed by atoms with Gasteiger partial charge in [0.1, 0.15) is 0 Å². The van der Waals surface area contributed by atoms with Gasteiger partial charge in [-0.25, -0.2) is 18.7 Å². The molecule has 10 heteroatoms. The summed E-state index contributed by atoms with van der Waals surface area (Å²) in [4.78, 5) is 17.0. The van der Waals surface area contributed by atoms with Crippen LogP contribution < -0.4 is 14.8 Å². The largest absolute Gasteiger partial charge is 0.481 e. The smallest absolute Gasteiger partial charge is 0.272 e. The standard InChI is InChI=1S/C17H20F2N6O2/c1-3-4-7-25-10-21-14-15(25)23-17(24-16(14)27-9-12(18)19)22-11-5-6-13(26-2)20-8-11/h5-6,8,10,12H,3-4,7,9H2,1-2H3,(H,22,23,24). The number of anilines is 2. The van der Waals surface area contributed by atoms with Crippen LogP contribution >= 0.6 is 0 Å². The van der Waals surface area contributed by atoms with Crippen molar-refractivity contribution in [1.29, 1.82) is 0 Å². The Balaban J connectivity index is 1.94. The zero-order chi connectivity index (χ0) is 19.2. The highest BCUT2D eigenvalue weighted by Gasteiger charge is 2.16. The summed E-state index contributed by atoms with van der Waals surface area (Å²) in [5, 5.41) is 3.00. The number of methoxy groups -OCH3 is 1. The second kappa shape index (κ2) is 8.56. The number of ether oxygens (including phenoxy) is 2. The van der Waals surface area contributed by atoms with Crippen LogP contribution in [-0.2, 0) is 6.54 Å². The summed E-state index contributed by atoms with van der Waals surface area (Å²) in [7, 11) is 1.52. The van der Waals surface area contributed by atoms with Crippen LogP contribution in [0.3, 0.4) is 0 Å². The molecule has 3 aromatic rings. The maximum Gasteiger partial charge on any atom is 0.272 e. The van der Waals surface area contributed by atoms with Crippen LogP contribution in [0.1, 0.15) is 19.8 Å². The molecule has 0 aliphatic rings. The van der Waals surface area contributed by atoms with Crippen LogP contribution in [0.5, 0.6) is 11.8 Å². The maximum atomic E-state index is 12.6. The third kappa shape index (κ3) is 4.57. The van der Waals surface area contributed by atoms with Crippen molar-refractivity contribution >= 4 is 22.8 Å². The maximum absolute atomic E-state index is 12.6. The molecule has 0 saturated heterocycles. The lowest BCUT2D eigenvalue weighted by molar-refractivity contribution is 0.0804. The summed E-state index contributed by atoms with van der Waals surface area (Å²) >= 11 is 0. The predicted molar refractivity (Wildman–Crippen MR) is 95.8 cm³/mol. The first kappa shape index (κ1) is 18.7. The Hall–Kier alpha value is -3.04. The normalized spacial score (nSPS) is 11.1. The Kier molecular flexibility index (Phi) is 5.94. The fourth-order valence-corrected chi connectivity index (χ4v) is 2.41. The van der Waals surface area contributed by atoms with Crippen LogP contribution in [0.4, 0.5) is 20.4 Å². The fourth-order valence-electron chi connectivity index (χ4n) is 2.41. The van der Waals surface area contributed by atoms with Gasteiger partial charge in [-0.05, 0) is 12.5 Å². The number of alkyl halides is 2. The highest BCUT2D eigenvalue weighted by molar-refractivity contribution is 5.78. The summed E-state index contributed by atoms with van der Waals surface area (Å²) in [6.45, 7) is 2.02. The molecule has 0 bridgehead atoms. The molecule has 0 amide bonds. The zero-order valence-electron chi connectivity index (χ0n) is 15.0. The van der Waals surface area contributed by atoms with E-state index >= 15 is 0 Å². The number of rotatable bonds is 9. The highest BCUT2D eigenvalue weighted by Crippen LogP contribution is 2.25. The number of nitrogens with zero attached hydrogens (tertiary/aromatic N) is 5. The first-order valence-corrected chi connectivity index (χ1v) is 8.51. The molecule has 1 N–H and O–H groups in total. The van der Waals surface area contributed by atoms with Gasteiger partial charge >= 0.3 is 0 Å². The fraction of sp³-hybridized carbons (Fsp3) is 0.412. The molecule has 0 aliphatic heterocycles. The Bertz CT molecular complexity index is 885. The van der Waals surface area contributed by atoms with E-state index in [1.807, 2.05) is 4.57 Å². The number of nitrogens with one attached hydrogen (secondary N) is 1. The number of imidazole rings is 1. The minimum Gasteiger partial charge on any atom is -0.481 e. The van der Waals surface area contributed by atoms with Gasteiger partial charge in [0.25, 0.3) is 6.43 Å². The van der Waals surface area contributed by atoms with E-state index in [4.69, 9.17) is 9.47 Å². The summed E-state index contributed by atoms with van der Waals surface area (Å²) in [6, 6.07) is 3.42. The minimum atomic E-state index is -2.61. The first-order chi connectivity index (χ1) is 13.1. The van der Waals surface area contributed by atoms with E-state index in [9.17, 15) is 8.78 Å². The molecule has 0 aliphatic carbocycles. The van der Waals surface area contributed by atoms with Crippen LogP contribution in [0.25, 0.3) is 11.2 Å². The van der Waals surface area contributed by atoms with Crippen LogP contribution in [0.15, 0.2) is 24.7 Å². The highest BCUT2D eigenvalue weighted by atomic mass is 19.3. The van der Waals surface area contributed by atoms with Crippen molar-refractivity contribution in [2.75, 3.05) is 19.0 Å². The quantitative estimate of drug-likeness (QED) is 0.610. The lowest BCUT2D eigenvalue weighted by Gasteiger charge is -2.10. The van der Waals surface area contributed by atoms with Crippen molar-refractivity contribution in [3.05, 3.63) is 24.7 Å². The lowest BCUT2D eigenvalue weighted by atomic mass is 10.3. The number of hydrogen-bond donors (Lipinski definition) is 1. The topological polar surface area (TPSA) is 87.0 Å². The number of pyridine rings is 1. The molecule has 3 heterocycles. The summed E-state index contributed by atoms with van der Waals surface area (Å²) in [5.74, 6) is 0.687. The van der Waals surface area contributed by atoms with Crippen LogP contribution in [-0.4, -0.2) is 44.6 Å². The third-order valence-corrected chi connectivity index (χ3v) is 3.73. The molecule has 0 spiro atoms. The summed E-state index contributed by atoms with van der Waals surface area (Å²) < 4.78 is 37.2. The van der Waals surface area contributed by atoms with E-state index in [1.54, 1.807) is 24.7 Å². The number of aryl methyl sites for hydroxylation is 1. The molecule has 3 rings (SSSR count). The first-order valence-electron chi connectivity index (χ1n) is 8.51. The van der Waals surface area contributed by atoms with Crippen LogP contribution in [0.2, 0.25) is 0 Å². The Morgan fingerprint density at radius 1 is 1.22 bits per heavy atom. The third-order valence-electron chi connectivity index (χ3n) is 3.73. The van der Waals surface area contributed by atoms with E-state index in [2.05, 4.69) is 32.2 Å². The number of hydrogen-bond acceptors (Lipinski definition) is 7. The number of unbranched alkanes of at least 4 members (excludes halogenated alkanes) is 1. The molecule has 0 aromatic carbocycles. The number of halogens is 2. The van der Waals surface area contributed by atoms with Gasteiger partial charge in [0.05, 0.1) is 25.3 Å². The van der Waals surface area contributed by atoms with E-state index < -0.39 is 13.0 Å². The van der Waals surface area contributed by atoms with Gasteiger partial charge in [-0.15, -0.1) is 0 Å². The Morgan fingerprint density at radius 3 is 2.74 bits per heavy atom. The molecule has 0 saturated carbocycles. The lowest BCUT2D eigenvalue weighted by Crippen LogP contribution is -2.10. The molecular weight excluding hydrogens is 358 g/mol. The molecule has 0 atom stereocenters. The molecule has 8 nitrogen and oxygen atoms in total. The van der Waals surface area contributed by atoms with E-state index in [0.29, 0.717) is 29.3 Å². The van der Waals surface area contributed by atoms with Gasteiger partial charge in [0.15, 0.2) is 17.8 Å². The molecule has 3 aromatic heterocycles. The molecule has 0 radical (unpaired) electrons. The van der Waals surface area contributed by atoms with Crippen molar-refractivity contribution in [3.8, 4) is 11.8 Å². The number of aromatic nitrogens is 5. The Labute approximate surface area is 154 Å². The molecule has 0 fully saturated rings. The van der Waals surface area contributed by atoms with Crippen molar-refractivity contribution in [1.82, 2.24) is 24.5 Å². The molecule has 0 unspecified atom stereocenters. The Morgan fingerprint density at radius 2 is 2.07 bits per heavy atom. The van der Waals surface area contributed by atoms with Gasteiger partial charge in [-0.1, -0.05) is 13.3 Å². The van der Waals surface area contributed by atoms with Crippen molar-refractivity contribution in [2.45, 2.75) is 32.7 Å². The van der Waals surface area contributed by atoms with Crippen molar-refractivity contribution in [2.24, 2.45) is 0 Å². The average molecular weight is 378 g/mol. The van der Waals surface area contributed by atoms with Crippen molar-refractivity contribution < 1.29 is 18.3 Å².